The number of nitrogens with zero attached hydrogens (tertiary/aromatic N) is 5. The second-order valence-electron chi connectivity index (χ2n) is 6.30. The zero-order valence-electron chi connectivity index (χ0n) is 15.4. The molecule has 0 bridgehead atoms. The Labute approximate surface area is 163 Å². The summed E-state index contributed by atoms with van der Waals surface area (Å²) >= 11 is 3.51. The van der Waals surface area contributed by atoms with Crippen LogP contribution in [0.25, 0.3) is 0 Å². The molecule has 1 aliphatic rings. The van der Waals surface area contributed by atoms with Crippen LogP contribution in [0.1, 0.15) is 19.3 Å². The number of rotatable bonds is 7. The van der Waals surface area contributed by atoms with E-state index in [1.54, 1.807) is 11.3 Å². The standard InChI is InChI=1S/C17H27N7S2/c1-18-16(19-6-4-9-25-17-20-7-10-26-17)22-14-5-3-8-24(12-14)15-11-21-23(2)13-15/h7,10-11,13-14H,3-6,8-9,12H2,1-2H3,(H2,18,19,22). The molecule has 1 fully saturated rings. The number of nitrogens with one attached hydrogen (secondary N) is 2. The maximum Gasteiger partial charge on any atom is 0.191 e. The van der Waals surface area contributed by atoms with Crippen LogP contribution >= 0.6 is 23.1 Å². The number of aryl methyl sites for hydroxylation is 1. The highest BCUT2D eigenvalue weighted by molar-refractivity contribution is 8.00. The molecule has 2 aromatic rings. The molecule has 0 radical (unpaired) electrons. The summed E-state index contributed by atoms with van der Waals surface area (Å²) in [7, 11) is 3.79. The Morgan fingerprint density at radius 1 is 1.50 bits per heavy atom. The molecular formula is C17H27N7S2. The highest BCUT2D eigenvalue weighted by Gasteiger charge is 2.21. The molecule has 0 spiro atoms. The fourth-order valence-corrected chi connectivity index (χ4v) is 4.66. The van der Waals surface area contributed by atoms with Gasteiger partial charge in [0.05, 0.1) is 11.9 Å². The summed E-state index contributed by atoms with van der Waals surface area (Å²) in [6, 6.07) is 0.403. The summed E-state index contributed by atoms with van der Waals surface area (Å²) in [4.78, 5) is 11.1. The number of aromatic nitrogens is 3. The number of thioether (sulfide) groups is 1. The summed E-state index contributed by atoms with van der Waals surface area (Å²) in [5.74, 6) is 1.96. The van der Waals surface area contributed by atoms with Gasteiger partial charge in [0.1, 0.15) is 4.34 Å². The third kappa shape index (κ3) is 5.63. The average molecular weight is 394 g/mol. The van der Waals surface area contributed by atoms with Crippen LogP contribution < -0.4 is 15.5 Å². The summed E-state index contributed by atoms with van der Waals surface area (Å²) < 4.78 is 3.00. The predicted octanol–water partition coefficient (Wildman–Crippen LogP) is 2.19. The van der Waals surface area contributed by atoms with Crippen LogP contribution in [-0.2, 0) is 7.05 Å². The number of anilines is 1. The molecule has 1 aliphatic heterocycles. The van der Waals surface area contributed by atoms with Gasteiger partial charge in [0, 0.05) is 63.3 Å². The van der Waals surface area contributed by atoms with Crippen LogP contribution in [0.4, 0.5) is 5.69 Å². The van der Waals surface area contributed by atoms with Gasteiger partial charge in [-0.3, -0.25) is 9.67 Å². The monoisotopic (exact) mass is 393 g/mol. The quantitative estimate of drug-likeness (QED) is 0.325. The molecule has 0 saturated carbocycles. The third-order valence-corrected chi connectivity index (χ3v) is 6.34. The van der Waals surface area contributed by atoms with Crippen molar-refractivity contribution in [2.75, 3.05) is 37.3 Å². The summed E-state index contributed by atoms with van der Waals surface area (Å²) in [5.41, 5.74) is 1.20. The van der Waals surface area contributed by atoms with E-state index in [0.29, 0.717) is 6.04 Å². The number of hydrogen-bond acceptors (Lipinski definition) is 6. The topological polar surface area (TPSA) is 70.4 Å². The zero-order valence-corrected chi connectivity index (χ0v) is 17.0. The van der Waals surface area contributed by atoms with Crippen molar-refractivity contribution in [1.29, 1.82) is 0 Å². The normalized spacial score (nSPS) is 18.2. The van der Waals surface area contributed by atoms with Gasteiger partial charge in [-0.25, -0.2) is 4.98 Å². The first kappa shape index (κ1) is 19.0. The number of guanidine groups is 1. The lowest BCUT2D eigenvalue weighted by molar-refractivity contribution is 0.468. The molecule has 3 heterocycles. The van der Waals surface area contributed by atoms with E-state index in [-0.39, 0.29) is 0 Å². The number of aliphatic imine (C=N–C) groups is 1. The van der Waals surface area contributed by atoms with E-state index in [9.17, 15) is 0 Å². The smallest absolute Gasteiger partial charge is 0.191 e. The van der Waals surface area contributed by atoms with Crippen molar-refractivity contribution < 1.29 is 0 Å². The van der Waals surface area contributed by atoms with Crippen LogP contribution in [0.2, 0.25) is 0 Å². The molecule has 26 heavy (non-hydrogen) atoms. The molecule has 0 aliphatic carbocycles. The Hall–Kier alpha value is -1.74. The summed E-state index contributed by atoms with van der Waals surface area (Å²) in [6.07, 6.45) is 9.30. The Morgan fingerprint density at radius 2 is 2.42 bits per heavy atom. The summed E-state index contributed by atoms with van der Waals surface area (Å²) in [6.45, 7) is 2.98. The van der Waals surface area contributed by atoms with E-state index in [2.05, 4.69) is 36.8 Å². The Bertz CT molecular complexity index is 683. The molecule has 1 unspecified atom stereocenters. The highest BCUT2D eigenvalue weighted by atomic mass is 32.2. The van der Waals surface area contributed by atoms with Crippen molar-refractivity contribution in [3.63, 3.8) is 0 Å². The first-order valence-electron chi connectivity index (χ1n) is 8.97. The summed E-state index contributed by atoms with van der Waals surface area (Å²) in [5, 5.41) is 13.3. The third-order valence-electron chi connectivity index (χ3n) is 4.29. The van der Waals surface area contributed by atoms with Gasteiger partial charge in [0.15, 0.2) is 5.96 Å². The van der Waals surface area contributed by atoms with Crippen LogP contribution in [-0.4, -0.2) is 59.2 Å². The minimum Gasteiger partial charge on any atom is -0.367 e. The van der Waals surface area contributed by atoms with Gasteiger partial charge in [-0.15, -0.1) is 11.3 Å². The molecule has 142 valence electrons. The maximum atomic E-state index is 4.37. The Kier molecular flexibility index (Phi) is 7.19. The number of piperidine rings is 1. The van der Waals surface area contributed by atoms with E-state index >= 15 is 0 Å². The van der Waals surface area contributed by atoms with Gasteiger partial charge in [0.25, 0.3) is 0 Å². The fourth-order valence-electron chi connectivity index (χ4n) is 3.01. The van der Waals surface area contributed by atoms with Crippen molar-refractivity contribution in [1.82, 2.24) is 25.4 Å². The Morgan fingerprint density at radius 3 is 3.15 bits per heavy atom. The van der Waals surface area contributed by atoms with Crippen LogP contribution in [0.15, 0.2) is 33.3 Å². The predicted molar refractivity (Wildman–Crippen MR) is 110 cm³/mol. The van der Waals surface area contributed by atoms with Crippen molar-refractivity contribution >= 4 is 34.7 Å². The van der Waals surface area contributed by atoms with Crippen molar-refractivity contribution in [2.45, 2.75) is 29.6 Å². The minimum atomic E-state index is 0.403. The van der Waals surface area contributed by atoms with E-state index in [0.717, 1.165) is 48.5 Å². The van der Waals surface area contributed by atoms with Crippen LogP contribution in [0, 0.1) is 0 Å². The minimum absolute atomic E-state index is 0.403. The zero-order chi connectivity index (χ0) is 18.2. The van der Waals surface area contributed by atoms with Gasteiger partial charge in [0.2, 0.25) is 0 Å². The largest absolute Gasteiger partial charge is 0.367 e. The average Bonchev–Trinajstić information content (AvgIpc) is 3.32. The molecule has 2 N–H and O–H groups in total. The first-order valence-corrected chi connectivity index (χ1v) is 10.8. The molecule has 9 heteroatoms. The number of hydrogen-bond donors (Lipinski definition) is 2. The molecule has 1 atom stereocenters. The lowest BCUT2D eigenvalue weighted by Gasteiger charge is -2.34. The van der Waals surface area contributed by atoms with Crippen molar-refractivity contribution in [3.05, 3.63) is 24.0 Å². The molecule has 3 rings (SSSR count). The van der Waals surface area contributed by atoms with Gasteiger partial charge in [-0.2, -0.15) is 5.10 Å². The molecule has 2 aromatic heterocycles. The van der Waals surface area contributed by atoms with Gasteiger partial charge < -0.3 is 15.5 Å². The molecule has 7 nitrogen and oxygen atoms in total. The van der Waals surface area contributed by atoms with Gasteiger partial charge in [-0.05, 0) is 19.3 Å². The van der Waals surface area contributed by atoms with Crippen molar-refractivity contribution in [3.8, 4) is 0 Å². The van der Waals surface area contributed by atoms with E-state index < -0.39 is 0 Å². The lowest BCUT2D eigenvalue weighted by Crippen LogP contribution is -2.51. The van der Waals surface area contributed by atoms with Gasteiger partial charge in [-0.1, -0.05) is 11.8 Å². The number of thiazole rings is 1. The molecule has 0 amide bonds. The molecule has 1 saturated heterocycles. The van der Waals surface area contributed by atoms with E-state index in [1.807, 2.05) is 48.3 Å². The highest BCUT2D eigenvalue weighted by Crippen LogP contribution is 2.20. The maximum absolute atomic E-state index is 4.37. The first-order chi connectivity index (χ1) is 12.7. The fraction of sp³-hybridized carbons (Fsp3) is 0.588. The van der Waals surface area contributed by atoms with E-state index in [4.69, 9.17) is 0 Å². The van der Waals surface area contributed by atoms with Gasteiger partial charge >= 0.3 is 0 Å². The second-order valence-corrected chi connectivity index (χ2v) is 8.54. The van der Waals surface area contributed by atoms with Crippen LogP contribution in [0.3, 0.4) is 0 Å². The SMILES string of the molecule is CN=C(NCCCSc1nccs1)NC1CCCN(c2cnn(C)c2)C1. The Balaban J connectivity index is 1.38. The van der Waals surface area contributed by atoms with Crippen LogP contribution in [0.5, 0.6) is 0 Å². The molecular weight excluding hydrogens is 366 g/mol. The molecule has 0 aromatic carbocycles. The van der Waals surface area contributed by atoms with E-state index in [1.165, 1.54) is 12.1 Å². The lowest BCUT2D eigenvalue weighted by atomic mass is 10.1. The van der Waals surface area contributed by atoms with Crippen molar-refractivity contribution in [2.24, 2.45) is 12.0 Å². The second kappa shape index (κ2) is 9.82.